The van der Waals surface area contributed by atoms with E-state index >= 15 is 0 Å². The Morgan fingerprint density at radius 2 is 2.22 bits per heavy atom. The van der Waals surface area contributed by atoms with Gasteiger partial charge in [-0.3, -0.25) is 9.78 Å². The van der Waals surface area contributed by atoms with Gasteiger partial charge in [-0.05, 0) is 30.3 Å². The van der Waals surface area contributed by atoms with Crippen LogP contribution in [-0.4, -0.2) is 28.7 Å². The number of aromatic amines is 1. The Labute approximate surface area is 154 Å². The smallest absolute Gasteiger partial charge is 0.277 e. The van der Waals surface area contributed by atoms with Crippen LogP contribution in [0.1, 0.15) is 5.56 Å². The van der Waals surface area contributed by atoms with Crippen LogP contribution in [0.15, 0.2) is 76.9 Å². The fraction of sp³-hybridized carbons (Fsp3) is 0.0500. The van der Waals surface area contributed by atoms with Gasteiger partial charge in [0, 0.05) is 34.4 Å². The van der Waals surface area contributed by atoms with Crippen molar-refractivity contribution in [2.75, 3.05) is 6.61 Å². The summed E-state index contributed by atoms with van der Waals surface area (Å²) in [5.74, 6) is 0.129. The lowest BCUT2D eigenvalue weighted by molar-refractivity contribution is -0.123. The minimum Gasteiger partial charge on any atom is -0.481 e. The van der Waals surface area contributed by atoms with Gasteiger partial charge >= 0.3 is 0 Å². The average molecular weight is 360 g/mol. The SMILES string of the molecule is O=C(COc1cccnc1-c1ccoc1)NN=Cc1cccc2[nH]ccc12. The fourth-order valence-electron chi connectivity index (χ4n) is 2.69. The maximum atomic E-state index is 12.0. The van der Waals surface area contributed by atoms with Crippen molar-refractivity contribution >= 4 is 23.0 Å². The molecule has 0 radical (unpaired) electrons. The van der Waals surface area contributed by atoms with Crippen LogP contribution < -0.4 is 10.2 Å². The van der Waals surface area contributed by atoms with E-state index in [0.717, 1.165) is 22.0 Å². The third kappa shape index (κ3) is 3.72. The molecule has 0 saturated carbocycles. The fourth-order valence-corrected chi connectivity index (χ4v) is 2.69. The number of nitrogens with zero attached hydrogens (tertiary/aromatic N) is 2. The molecule has 7 nitrogen and oxygen atoms in total. The summed E-state index contributed by atoms with van der Waals surface area (Å²) < 4.78 is 10.7. The Bertz CT molecular complexity index is 1080. The number of H-pyrrole nitrogens is 1. The molecule has 3 aromatic heterocycles. The van der Waals surface area contributed by atoms with Crippen LogP contribution in [0.25, 0.3) is 22.2 Å². The quantitative estimate of drug-likeness (QED) is 0.407. The lowest BCUT2D eigenvalue weighted by atomic mass is 10.1. The van der Waals surface area contributed by atoms with E-state index < -0.39 is 0 Å². The lowest BCUT2D eigenvalue weighted by Crippen LogP contribution is -2.24. The molecule has 0 spiro atoms. The number of fused-ring (bicyclic) bond motifs is 1. The van der Waals surface area contributed by atoms with E-state index in [-0.39, 0.29) is 12.5 Å². The van der Waals surface area contributed by atoms with E-state index in [2.05, 4.69) is 20.5 Å². The second kappa shape index (κ2) is 7.57. The molecule has 0 saturated heterocycles. The van der Waals surface area contributed by atoms with Crippen molar-refractivity contribution in [2.45, 2.75) is 0 Å². The number of rotatable bonds is 6. The van der Waals surface area contributed by atoms with Crippen molar-refractivity contribution in [3.8, 4) is 17.0 Å². The minimum atomic E-state index is -0.366. The summed E-state index contributed by atoms with van der Waals surface area (Å²) in [5, 5.41) is 5.04. The molecule has 3 heterocycles. The number of benzene rings is 1. The molecule has 0 fully saturated rings. The van der Waals surface area contributed by atoms with Crippen LogP contribution in [0.5, 0.6) is 5.75 Å². The maximum absolute atomic E-state index is 12.0. The number of ether oxygens (including phenoxy) is 1. The molecule has 0 bridgehead atoms. The van der Waals surface area contributed by atoms with Crippen LogP contribution in [0.2, 0.25) is 0 Å². The Kier molecular flexibility index (Phi) is 4.65. The lowest BCUT2D eigenvalue weighted by Gasteiger charge is -2.08. The van der Waals surface area contributed by atoms with Gasteiger partial charge in [-0.1, -0.05) is 12.1 Å². The third-order valence-electron chi connectivity index (χ3n) is 3.95. The van der Waals surface area contributed by atoms with Crippen molar-refractivity contribution in [1.82, 2.24) is 15.4 Å². The number of furan rings is 1. The molecule has 1 aromatic carbocycles. The first-order valence-electron chi connectivity index (χ1n) is 8.29. The summed E-state index contributed by atoms with van der Waals surface area (Å²) >= 11 is 0. The zero-order valence-corrected chi connectivity index (χ0v) is 14.3. The van der Waals surface area contributed by atoms with Crippen molar-refractivity contribution in [2.24, 2.45) is 5.10 Å². The molecule has 2 N–H and O–H groups in total. The van der Waals surface area contributed by atoms with E-state index in [1.165, 1.54) is 0 Å². The highest BCUT2D eigenvalue weighted by Crippen LogP contribution is 2.27. The summed E-state index contributed by atoms with van der Waals surface area (Å²) in [4.78, 5) is 19.4. The zero-order chi connectivity index (χ0) is 18.5. The number of aromatic nitrogens is 2. The van der Waals surface area contributed by atoms with Gasteiger partial charge in [-0.25, -0.2) is 5.43 Å². The van der Waals surface area contributed by atoms with Crippen molar-refractivity contribution in [3.63, 3.8) is 0 Å². The number of amides is 1. The largest absolute Gasteiger partial charge is 0.481 e. The number of hydrogen-bond acceptors (Lipinski definition) is 5. The first kappa shape index (κ1) is 16.6. The number of hydrazone groups is 1. The Morgan fingerprint density at radius 1 is 1.26 bits per heavy atom. The number of hydrogen-bond donors (Lipinski definition) is 2. The Balaban J connectivity index is 1.38. The molecule has 27 heavy (non-hydrogen) atoms. The monoisotopic (exact) mass is 360 g/mol. The molecule has 1 amide bonds. The van der Waals surface area contributed by atoms with Crippen LogP contribution in [-0.2, 0) is 4.79 Å². The predicted molar refractivity (Wildman–Crippen MR) is 101 cm³/mol. The van der Waals surface area contributed by atoms with Gasteiger partial charge in [0.05, 0.1) is 18.7 Å². The number of nitrogens with one attached hydrogen (secondary N) is 2. The number of carbonyl (C=O) groups is 1. The third-order valence-corrected chi connectivity index (χ3v) is 3.95. The van der Waals surface area contributed by atoms with Crippen molar-refractivity contribution < 1.29 is 13.9 Å². The minimum absolute atomic E-state index is 0.178. The van der Waals surface area contributed by atoms with Gasteiger partial charge < -0.3 is 14.1 Å². The maximum Gasteiger partial charge on any atom is 0.277 e. The molecular formula is C20H16N4O3. The first-order valence-corrected chi connectivity index (χ1v) is 8.29. The van der Waals surface area contributed by atoms with Gasteiger partial charge in [0.1, 0.15) is 11.4 Å². The van der Waals surface area contributed by atoms with E-state index in [4.69, 9.17) is 9.15 Å². The summed E-state index contributed by atoms with van der Waals surface area (Å²) in [6.07, 6.45) is 8.25. The van der Waals surface area contributed by atoms with Gasteiger partial charge in [0.2, 0.25) is 0 Å². The molecule has 0 aliphatic heterocycles. The zero-order valence-electron chi connectivity index (χ0n) is 14.3. The summed E-state index contributed by atoms with van der Waals surface area (Å²) in [7, 11) is 0. The molecule has 0 aliphatic carbocycles. The van der Waals surface area contributed by atoms with E-state index in [1.54, 1.807) is 43.1 Å². The second-order valence-electron chi connectivity index (χ2n) is 5.73. The average Bonchev–Trinajstić information content (AvgIpc) is 3.39. The molecule has 4 aromatic rings. The highest BCUT2D eigenvalue weighted by atomic mass is 16.5. The summed E-state index contributed by atoms with van der Waals surface area (Å²) in [6.45, 7) is -0.178. The van der Waals surface area contributed by atoms with E-state index in [0.29, 0.717) is 11.4 Å². The van der Waals surface area contributed by atoms with Crippen molar-refractivity contribution in [3.05, 3.63) is 72.9 Å². The molecular weight excluding hydrogens is 344 g/mol. The first-order chi connectivity index (χ1) is 13.3. The van der Waals surface area contributed by atoms with Gasteiger partial charge in [0.15, 0.2) is 6.61 Å². The van der Waals surface area contributed by atoms with Gasteiger partial charge in [0.25, 0.3) is 5.91 Å². The standard InChI is InChI=1S/C20H16N4O3/c25-19(24-23-11-14-3-1-4-17-16(14)6-9-21-17)13-27-18-5-2-8-22-20(18)15-7-10-26-12-15/h1-12,21H,13H2,(H,24,25). The molecule has 7 heteroatoms. The molecule has 0 aliphatic rings. The molecule has 0 unspecified atom stereocenters. The van der Waals surface area contributed by atoms with Crippen LogP contribution in [0.3, 0.4) is 0 Å². The summed E-state index contributed by atoms with van der Waals surface area (Å²) in [5.41, 5.74) is 5.78. The van der Waals surface area contributed by atoms with E-state index in [9.17, 15) is 4.79 Å². The molecule has 0 atom stereocenters. The second-order valence-corrected chi connectivity index (χ2v) is 5.73. The van der Waals surface area contributed by atoms with E-state index in [1.807, 2.05) is 30.5 Å². The molecule has 134 valence electrons. The van der Waals surface area contributed by atoms with Crippen LogP contribution in [0.4, 0.5) is 0 Å². The topological polar surface area (TPSA) is 92.5 Å². The van der Waals surface area contributed by atoms with Crippen LogP contribution >= 0.6 is 0 Å². The predicted octanol–water partition coefficient (Wildman–Crippen LogP) is 3.35. The number of carbonyl (C=O) groups excluding carboxylic acids is 1. The highest BCUT2D eigenvalue weighted by molar-refractivity contribution is 5.98. The normalized spacial score (nSPS) is 11.1. The van der Waals surface area contributed by atoms with Gasteiger partial charge in [-0.2, -0.15) is 5.10 Å². The summed E-state index contributed by atoms with van der Waals surface area (Å²) in [6, 6.07) is 13.1. The Morgan fingerprint density at radius 3 is 3.11 bits per heavy atom. The van der Waals surface area contributed by atoms with Gasteiger partial charge in [-0.15, -0.1) is 0 Å². The Hall–Kier alpha value is -3.87. The molecule has 4 rings (SSSR count). The highest BCUT2D eigenvalue weighted by Gasteiger charge is 2.10. The van der Waals surface area contributed by atoms with Crippen LogP contribution in [0, 0.1) is 0 Å². The van der Waals surface area contributed by atoms with Crippen molar-refractivity contribution in [1.29, 1.82) is 0 Å². The number of pyridine rings is 1.